The van der Waals surface area contributed by atoms with Gasteiger partial charge in [-0.25, -0.2) is 0 Å². The lowest BCUT2D eigenvalue weighted by molar-refractivity contribution is -0.385. The van der Waals surface area contributed by atoms with Gasteiger partial charge >= 0.3 is 0 Å². The number of allylic oxidation sites excluding steroid dienone is 3. The summed E-state index contributed by atoms with van der Waals surface area (Å²) in [5, 5.41) is 32.9. The summed E-state index contributed by atoms with van der Waals surface area (Å²) < 4.78 is 10.6. The summed E-state index contributed by atoms with van der Waals surface area (Å²) in [4.78, 5) is 79.7. The Labute approximate surface area is 289 Å². The molecule has 0 radical (unpaired) electrons. The molecule has 2 saturated heterocycles. The van der Waals surface area contributed by atoms with Crippen molar-refractivity contribution in [3.05, 3.63) is 104 Å². The Hall–Kier alpha value is -6.38. The fourth-order valence-electron chi connectivity index (χ4n) is 8.03. The van der Waals surface area contributed by atoms with E-state index in [1.807, 2.05) is 6.08 Å². The fourth-order valence-corrected chi connectivity index (χ4v) is 8.03. The second-order valence-electron chi connectivity index (χ2n) is 12.8. The second kappa shape index (κ2) is 12.5. The Morgan fingerprint density at radius 3 is 1.71 bits per heavy atom. The van der Waals surface area contributed by atoms with E-state index in [1.165, 1.54) is 62.8 Å². The van der Waals surface area contributed by atoms with Crippen LogP contribution < -0.4 is 19.3 Å². The molecule has 3 aromatic rings. The number of phenolic OH excluding ortho intramolecular Hbond substituents is 1. The molecular formula is C36H30N4O11. The first kappa shape index (κ1) is 33.1. The summed E-state index contributed by atoms with van der Waals surface area (Å²) in [5.41, 5.74) is 1.24. The number of phenols is 1. The summed E-state index contributed by atoms with van der Waals surface area (Å²) in [6.07, 6.45) is 5.64. The molecule has 2 aliphatic heterocycles. The Morgan fingerprint density at radius 2 is 1.22 bits per heavy atom. The Balaban J connectivity index is 1.29. The minimum atomic E-state index is -0.887. The van der Waals surface area contributed by atoms with Crippen molar-refractivity contribution in [1.82, 2.24) is 0 Å². The van der Waals surface area contributed by atoms with Gasteiger partial charge in [0.15, 0.2) is 11.5 Å². The van der Waals surface area contributed by atoms with Crippen LogP contribution >= 0.6 is 0 Å². The molecule has 4 aliphatic rings. The van der Waals surface area contributed by atoms with E-state index in [4.69, 9.17) is 9.47 Å². The lowest BCUT2D eigenvalue weighted by Gasteiger charge is -2.42. The SMILES string of the molecule is COc1cc(C=CC2C3=CCC4C(=O)N(c5ccc([N+](=O)[O-])cc5)C(=O)C4C3CC3C(=O)N(c4ccc([N+](=O)[O-])cc4)C(=O)C23)cc(OC)c1O. The highest BCUT2D eigenvalue weighted by Gasteiger charge is 2.61. The molecule has 6 unspecified atom stereocenters. The number of carbonyl (C=O) groups excluding carboxylic acids is 4. The number of aromatic hydroxyl groups is 1. The number of anilines is 2. The number of nitro benzene ring substituents is 2. The number of imide groups is 2. The van der Waals surface area contributed by atoms with Crippen molar-refractivity contribution in [3.8, 4) is 17.2 Å². The molecule has 3 aromatic carbocycles. The highest BCUT2D eigenvalue weighted by Crippen LogP contribution is 2.56. The number of non-ortho nitro benzene ring substituents is 2. The van der Waals surface area contributed by atoms with Gasteiger partial charge in [0.05, 0.1) is 59.1 Å². The smallest absolute Gasteiger partial charge is 0.269 e. The molecule has 2 aliphatic carbocycles. The summed E-state index contributed by atoms with van der Waals surface area (Å²) in [7, 11) is 2.77. The van der Waals surface area contributed by atoms with E-state index in [-0.39, 0.29) is 52.8 Å². The number of hydrogen-bond donors (Lipinski definition) is 1. The summed E-state index contributed by atoms with van der Waals surface area (Å²) in [5.74, 6) is -6.54. The van der Waals surface area contributed by atoms with Gasteiger partial charge in [-0.1, -0.05) is 23.8 Å². The summed E-state index contributed by atoms with van der Waals surface area (Å²) in [6.45, 7) is 0. The maximum atomic E-state index is 14.2. The van der Waals surface area contributed by atoms with Crippen molar-refractivity contribution in [2.75, 3.05) is 24.0 Å². The molecule has 3 fully saturated rings. The fraction of sp³-hybridized carbons (Fsp3) is 0.278. The molecule has 1 N–H and O–H groups in total. The zero-order valence-electron chi connectivity index (χ0n) is 27.2. The van der Waals surface area contributed by atoms with Crippen LogP contribution in [0.4, 0.5) is 22.7 Å². The molecule has 1 saturated carbocycles. The zero-order valence-corrected chi connectivity index (χ0v) is 27.2. The van der Waals surface area contributed by atoms with E-state index in [0.29, 0.717) is 5.56 Å². The van der Waals surface area contributed by atoms with Crippen LogP contribution in [0.2, 0.25) is 0 Å². The molecule has 0 spiro atoms. The van der Waals surface area contributed by atoms with Crippen molar-refractivity contribution in [2.24, 2.45) is 35.5 Å². The molecule has 0 aromatic heterocycles. The lowest BCUT2D eigenvalue weighted by atomic mass is 9.58. The summed E-state index contributed by atoms with van der Waals surface area (Å²) in [6, 6.07) is 13.4. The van der Waals surface area contributed by atoms with Gasteiger partial charge in [0.1, 0.15) is 0 Å². The van der Waals surface area contributed by atoms with Crippen LogP contribution in [0.15, 0.2) is 78.4 Å². The molecule has 6 atom stereocenters. The van der Waals surface area contributed by atoms with E-state index in [0.717, 1.165) is 15.4 Å². The normalized spacial score (nSPS) is 25.4. The number of amides is 4. The first-order valence-electron chi connectivity index (χ1n) is 16.0. The lowest BCUT2D eigenvalue weighted by Crippen LogP contribution is -2.43. The Bertz CT molecular complexity index is 2050. The van der Waals surface area contributed by atoms with Crippen LogP contribution in [-0.4, -0.2) is 52.8 Å². The molecule has 7 rings (SSSR count). The van der Waals surface area contributed by atoms with Crippen LogP contribution in [0.25, 0.3) is 6.08 Å². The molecule has 15 nitrogen and oxygen atoms in total. The Kier molecular flexibility index (Phi) is 8.12. The Morgan fingerprint density at radius 1 is 0.725 bits per heavy atom. The largest absolute Gasteiger partial charge is 0.502 e. The van der Waals surface area contributed by atoms with E-state index >= 15 is 0 Å². The number of fused-ring (bicyclic) bond motifs is 4. The number of nitro groups is 2. The highest BCUT2D eigenvalue weighted by molar-refractivity contribution is 6.24. The van der Waals surface area contributed by atoms with Crippen molar-refractivity contribution in [2.45, 2.75) is 12.8 Å². The predicted molar refractivity (Wildman–Crippen MR) is 180 cm³/mol. The van der Waals surface area contributed by atoms with Gasteiger partial charge in [-0.15, -0.1) is 0 Å². The maximum Gasteiger partial charge on any atom is 0.269 e. The monoisotopic (exact) mass is 694 g/mol. The van der Waals surface area contributed by atoms with E-state index in [2.05, 4.69) is 0 Å². The number of rotatable bonds is 8. The molecule has 2 heterocycles. The maximum absolute atomic E-state index is 14.2. The van der Waals surface area contributed by atoms with Crippen LogP contribution in [-0.2, 0) is 19.2 Å². The second-order valence-corrected chi connectivity index (χ2v) is 12.8. The van der Waals surface area contributed by atoms with Crippen molar-refractivity contribution >= 4 is 52.5 Å². The van der Waals surface area contributed by atoms with Gasteiger partial charge in [-0.3, -0.25) is 49.2 Å². The number of ether oxygens (including phenoxy) is 2. The van der Waals surface area contributed by atoms with E-state index < -0.39 is 69.0 Å². The number of carbonyl (C=O) groups is 4. The third-order valence-corrected chi connectivity index (χ3v) is 10.3. The number of methoxy groups -OCH3 is 2. The molecule has 51 heavy (non-hydrogen) atoms. The van der Waals surface area contributed by atoms with Gasteiger partial charge in [0.25, 0.3) is 11.4 Å². The minimum absolute atomic E-state index is 0.101. The first-order chi connectivity index (χ1) is 24.4. The van der Waals surface area contributed by atoms with Crippen LogP contribution in [0.3, 0.4) is 0 Å². The molecule has 260 valence electrons. The summed E-state index contributed by atoms with van der Waals surface area (Å²) >= 11 is 0. The zero-order chi connectivity index (χ0) is 36.3. The van der Waals surface area contributed by atoms with Crippen molar-refractivity contribution in [3.63, 3.8) is 0 Å². The third kappa shape index (κ3) is 5.28. The van der Waals surface area contributed by atoms with Crippen LogP contribution in [0, 0.1) is 55.7 Å². The molecule has 4 amide bonds. The average Bonchev–Trinajstić information content (AvgIpc) is 3.54. The van der Waals surface area contributed by atoms with Gasteiger partial charge in [-0.2, -0.15) is 0 Å². The third-order valence-electron chi connectivity index (χ3n) is 10.3. The number of benzene rings is 3. The molecule has 15 heteroatoms. The van der Waals surface area contributed by atoms with Gasteiger partial charge < -0.3 is 14.6 Å². The molecule has 0 bridgehead atoms. The molecular weight excluding hydrogens is 664 g/mol. The quantitative estimate of drug-likeness (QED) is 0.147. The predicted octanol–water partition coefficient (Wildman–Crippen LogP) is 4.82. The van der Waals surface area contributed by atoms with Crippen LogP contribution in [0.1, 0.15) is 18.4 Å². The minimum Gasteiger partial charge on any atom is -0.502 e. The van der Waals surface area contributed by atoms with Gasteiger partial charge in [-0.05, 0) is 60.7 Å². The highest BCUT2D eigenvalue weighted by atomic mass is 16.6. The van der Waals surface area contributed by atoms with Crippen molar-refractivity contribution < 1.29 is 43.6 Å². The van der Waals surface area contributed by atoms with Crippen molar-refractivity contribution in [1.29, 1.82) is 0 Å². The standard InChI is InChI=1S/C36H30N4O11/c1-50-28-15-18(16-29(51-2)32(28)41)3-12-24-23-13-14-25-31(36(45)37(33(25)42)19-4-8-21(9-5-19)39(46)47)26(23)17-27-30(24)35(44)38(34(27)43)20-6-10-22(11-7-20)40(48)49/h3-13,15-16,24-27,30-31,41H,14,17H2,1-2H3. The van der Waals surface area contributed by atoms with Crippen LogP contribution in [0.5, 0.6) is 17.2 Å². The van der Waals surface area contributed by atoms with E-state index in [1.54, 1.807) is 24.3 Å². The first-order valence-corrected chi connectivity index (χ1v) is 16.0. The van der Waals surface area contributed by atoms with Gasteiger partial charge in [0.2, 0.25) is 29.4 Å². The number of hydrogen-bond acceptors (Lipinski definition) is 11. The average molecular weight is 695 g/mol. The van der Waals surface area contributed by atoms with E-state index in [9.17, 15) is 44.5 Å². The topological polar surface area (TPSA) is 200 Å². The number of nitrogens with zero attached hydrogens (tertiary/aromatic N) is 4. The van der Waals surface area contributed by atoms with Gasteiger partial charge in [0, 0.05) is 30.2 Å².